The molecular formula is C14H15N5O2S2. The highest BCUT2D eigenvalue weighted by Gasteiger charge is 2.15. The van der Waals surface area contributed by atoms with E-state index >= 15 is 0 Å². The zero-order valence-electron chi connectivity index (χ0n) is 12.1. The molecule has 7 nitrogen and oxygen atoms in total. The van der Waals surface area contributed by atoms with Crippen LogP contribution in [0.25, 0.3) is 0 Å². The number of anilines is 2. The van der Waals surface area contributed by atoms with E-state index in [-0.39, 0.29) is 10.8 Å². The van der Waals surface area contributed by atoms with Crippen molar-refractivity contribution >= 4 is 39.0 Å². The van der Waals surface area contributed by atoms with Crippen molar-refractivity contribution in [2.24, 2.45) is 0 Å². The second-order valence-electron chi connectivity index (χ2n) is 4.33. The summed E-state index contributed by atoms with van der Waals surface area (Å²) in [7, 11) is -3.74. The number of nitrogens with zero attached hydrogens (tertiary/aromatic N) is 2. The molecule has 0 fully saturated rings. The largest absolute Gasteiger partial charge is 0.359 e. The maximum Gasteiger partial charge on any atom is 0.264 e. The molecule has 0 atom stereocenters. The third-order valence-corrected chi connectivity index (χ3v) is 4.21. The number of rotatable bonds is 6. The average molecular weight is 349 g/mol. The number of hydrogen-bond acceptors (Lipinski definition) is 5. The van der Waals surface area contributed by atoms with Gasteiger partial charge in [-0.3, -0.25) is 0 Å². The Morgan fingerprint density at radius 1 is 1.22 bits per heavy atom. The van der Waals surface area contributed by atoms with Gasteiger partial charge < -0.3 is 10.6 Å². The van der Waals surface area contributed by atoms with Gasteiger partial charge in [-0.1, -0.05) is 6.08 Å². The number of nitrogens with one attached hydrogen (secondary N) is 3. The van der Waals surface area contributed by atoms with Gasteiger partial charge in [-0.15, -0.1) is 6.58 Å². The van der Waals surface area contributed by atoms with Gasteiger partial charge >= 0.3 is 0 Å². The van der Waals surface area contributed by atoms with Crippen LogP contribution in [-0.2, 0) is 10.0 Å². The molecule has 120 valence electrons. The third-order valence-electron chi connectivity index (χ3n) is 2.62. The Hall–Kier alpha value is -2.52. The van der Waals surface area contributed by atoms with Gasteiger partial charge in [-0.25, -0.2) is 23.1 Å². The van der Waals surface area contributed by atoms with Crippen LogP contribution in [0.5, 0.6) is 0 Å². The number of sulfonamides is 1. The van der Waals surface area contributed by atoms with Gasteiger partial charge in [0.25, 0.3) is 10.0 Å². The monoisotopic (exact) mass is 349 g/mol. The molecule has 0 aliphatic rings. The van der Waals surface area contributed by atoms with E-state index in [4.69, 9.17) is 12.2 Å². The van der Waals surface area contributed by atoms with E-state index in [0.717, 1.165) is 0 Å². The van der Waals surface area contributed by atoms with Crippen molar-refractivity contribution in [1.29, 1.82) is 0 Å². The summed E-state index contributed by atoms with van der Waals surface area (Å²) in [6, 6.07) is 7.75. The van der Waals surface area contributed by atoms with Crippen molar-refractivity contribution in [2.75, 3.05) is 16.6 Å². The van der Waals surface area contributed by atoms with E-state index in [0.29, 0.717) is 17.3 Å². The van der Waals surface area contributed by atoms with E-state index in [1.54, 1.807) is 24.3 Å². The van der Waals surface area contributed by atoms with Gasteiger partial charge in [-0.05, 0) is 42.5 Å². The summed E-state index contributed by atoms with van der Waals surface area (Å²) >= 11 is 5.08. The first kappa shape index (κ1) is 16.8. The quantitative estimate of drug-likeness (QED) is 0.540. The molecule has 9 heteroatoms. The molecule has 0 aliphatic carbocycles. The highest BCUT2D eigenvalue weighted by atomic mass is 32.2. The van der Waals surface area contributed by atoms with Gasteiger partial charge in [0, 0.05) is 24.6 Å². The Kier molecular flexibility index (Phi) is 5.61. The summed E-state index contributed by atoms with van der Waals surface area (Å²) in [6.07, 6.45) is 4.59. The Balaban J connectivity index is 2.06. The number of aromatic nitrogens is 2. The maximum absolute atomic E-state index is 12.2. The lowest BCUT2D eigenvalue weighted by Crippen LogP contribution is -2.28. The summed E-state index contributed by atoms with van der Waals surface area (Å²) in [6.45, 7) is 4.12. The number of hydrogen-bond donors (Lipinski definition) is 3. The molecule has 0 saturated carbocycles. The van der Waals surface area contributed by atoms with Crippen LogP contribution >= 0.6 is 12.2 Å². The zero-order chi connectivity index (χ0) is 16.7. The topological polar surface area (TPSA) is 96.0 Å². The second-order valence-corrected chi connectivity index (χ2v) is 6.42. The van der Waals surface area contributed by atoms with Crippen LogP contribution < -0.4 is 15.4 Å². The fourth-order valence-corrected chi connectivity index (χ4v) is 2.75. The predicted octanol–water partition coefficient (Wildman–Crippen LogP) is 1.75. The predicted molar refractivity (Wildman–Crippen MR) is 93.7 cm³/mol. The van der Waals surface area contributed by atoms with Crippen LogP contribution in [0, 0.1) is 0 Å². The Bertz CT molecular complexity index is 777. The SMILES string of the molecule is C=CCNC(=S)Nc1ccc(S(=O)(=O)Nc2ncccn2)cc1. The summed E-state index contributed by atoms with van der Waals surface area (Å²) < 4.78 is 26.7. The first-order valence-electron chi connectivity index (χ1n) is 6.57. The minimum atomic E-state index is -3.74. The minimum Gasteiger partial charge on any atom is -0.359 e. The number of thiocarbonyl (C=S) groups is 1. The van der Waals surface area contributed by atoms with Gasteiger partial charge in [0.15, 0.2) is 5.11 Å². The maximum atomic E-state index is 12.2. The molecule has 3 N–H and O–H groups in total. The Morgan fingerprint density at radius 3 is 2.48 bits per heavy atom. The van der Waals surface area contributed by atoms with Gasteiger partial charge in [0.2, 0.25) is 5.95 Å². The second kappa shape index (κ2) is 7.65. The lowest BCUT2D eigenvalue weighted by atomic mass is 10.3. The molecular weight excluding hydrogens is 334 g/mol. The molecule has 0 radical (unpaired) electrons. The van der Waals surface area contributed by atoms with Crippen molar-refractivity contribution in [3.05, 3.63) is 55.4 Å². The molecule has 0 saturated heterocycles. The van der Waals surface area contributed by atoms with Crippen LogP contribution in [0.4, 0.5) is 11.6 Å². The molecule has 0 aliphatic heterocycles. The third kappa shape index (κ3) is 5.01. The van der Waals surface area contributed by atoms with E-state index < -0.39 is 10.0 Å². The summed E-state index contributed by atoms with van der Waals surface area (Å²) in [4.78, 5) is 7.75. The zero-order valence-corrected chi connectivity index (χ0v) is 13.7. The van der Waals surface area contributed by atoms with Crippen molar-refractivity contribution in [1.82, 2.24) is 15.3 Å². The summed E-state index contributed by atoms with van der Waals surface area (Å²) in [5.74, 6) is 0.0181. The van der Waals surface area contributed by atoms with Crippen molar-refractivity contribution in [2.45, 2.75) is 4.90 Å². The average Bonchev–Trinajstić information content (AvgIpc) is 2.54. The molecule has 0 unspecified atom stereocenters. The molecule has 2 aromatic rings. The van der Waals surface area contributed by atoms with E-state index in [2.05, 4.69) is 31.9 Å². The minimum absolute atomic E-state index is 0.0181. The molecule has 1 aromatic carbocycles. The van der Waals surface area contributed by atoms with Crippen molar-refractivity contribution in [3.63, 3.8) is 0 Å². The molecule has 0 bridgehead atoms. The molecule has 1 heterocycles. The molecule has 0 spiro atoms. The number of benzene rings is 1. The van der Waals surface area contributed by atoms with Crippen LogP contribution in [0.1, 0.15) is 0 Å². The lowest BCUT2D eigenvalue weighted by molar-refractivity contribution is 0.601. The van der Waals surface area contributed by atoms with E-state index in [1.807, 2.05) is 0 Å². The Morgan fingerprint density at radius 2 is 1.87 bits per heavy atom. The van der Waals surface area contributed by atoms with Gasteiger partial charge in [-0.2, -0.15) is 0 Å². The van der Waals surface area contributed by atoms with Gasteiger partial charge in [0.1, 0.15) is 0 Å². The fraction of sp³-hybridized carbons (Fsp3) is 0.0714. The highest BCUT2D eigenvalue weighted by molar-refractivity contribution is 7.92. The first-order chi connectivity index (χ1) is 11.0. The normalized spacial score (nSPS) is 10.6. The highest BCUT2D eigenvalue weighted by Crippen LogP contribution is 2.16. The molecule has 2 rings (SSSR count). The first-order valence-corrected chi connectivity index (χ1v) is 8.46. The smallest absolute Gasteiger partial charge is 0.264 e. The summed E-state index contributed by atoms with van der Waals surface area (Å²) in [5, 5.41) is 6.28. The fourth-order valence-electron chi connectivity index (χ4n) is 1.59. The van der Waals surface area contributed by atoms with Crippen LogP contribution in [-0.4, -0.2) is 30.0 Å². The lowest BCUT2D eigenvalue weighted by Gasteiger charge is -2.10. The van der Waals surface area contributed by atoms with Crippen molar-refractivity contribution in [3.8, 4) is 0 Å². The van der Waals surface area contributed by atoms with Crippen LogP contribution in [0.2, 0.25) is 0 Å². The van der Waals surface area contributed by atoms with Crippen LogP contribution in [0.3, 0.4) is 0 Å². The van der Waals surface area contributed by atoms with Crippen molar-refractivity contribution < 1.29 is 8.42 Å². The molecule has 23 heavy (non-hydrogen) atoms. The summed E-state index contributed by atoms with van der Waals surface area (Å²) in [5.41, 5.74) is 0.668. The molecule has 0 amide bonds. The van der Waals surface area contributed by atoms with E-state index in [9.17, 15) is 8.42 Å². The standard InChI is InChI=1S/C14H15N5O2S2/c1-2-8-17-14(22)18-11-4-6-12(7-5-11)23(20,21)19-13-15-9-3-10-16-13/h2-7,9-10H,1,8H2,(H,15,16,19)(H2,17,18,22). The van der Waals surface area contributed by atoms with E-state index in [1.165, 1.54) is 24.5 Å². The Labute approximate surface area is 139 Å². The van der Waals surface area contributed by atoms with Crippen LogP contribution in [0.15, 0.2) is 60.3 Å². The molecule has 1 aromatic heterocycles. The van der Waals surface area contributed by atoms with Gasteiger partial charge in [0.05, 0.1) is 4.90 Å².